The highest BCUT2D eigenvalue weighted by Gasteiger charge is 2.48. The van der Waals surface area contributed by atoms with E-state index in [0.29, 0.717) is 6.42 Å². The van der Waals surface area contributed by atoms with E-state index >= 15 is 0 Å². The lowest BCUT2D eigenvalue weighted by atomic mass is 9.91. The lowest BCUT2D eigenvalue weighted by molar-refractivity contribution is -0.287. The third-order valence-corrected chi connectivity index (χ3v) is 3.75. The molecule has 0 amide bonds. The zero-order valence-corrected chi connectivity index (χ0v) is 12.9. The summed E-state index contributed by atoms with van der Waals surface area (Å²) < 4.78 is 9.95. The summed E-state index contributed by atoms with van der Waals surface area (Å²) in [6, 6.07) is 0. The van der Waals surface area contributed by atoms with Crippen molar-refractivity contribution in [3.05, 3.63) is 0 Å². The summed E-state index contributed by atoms with van der Waals surface area (Å²) in [5, 5.41) is 38.0. The highest BCUT2D eigenvalue weighted by atomic mass is 16.7. The maximum Gasteiger partial charge on any atom is 0.335 e. The Kier molecular flexibility index (Phi) is 6.73. The second-order valence-electron chi connectivity index (χ2n) is 5.81. The van der Waals surface area contributed by atoms with Gasteiger partial charge in [-0.25, -0.2) is 4.79 Å². The third kappa shape index (κ3) is 4.16. The average molecular weight is 320 g/mol. The second-order valence-corrected chi connectivity index (χ2v) is 5.81. The van der Waals surface area contributed by atoms with Crippen LogP contribution in [0.3, 0.4) is 0 Å². The average Bonchev–Trinajstić information content (AvgIpc) is 2.44. The first-order valence-electron chi connectivity index (χ1n) is 7.33. The summed E-state index contributed by atoms with van der Waals surface area (Å²) in [6.45, 7) is 5.60. The number of carboxylic acid groups (broad SMARTS) is 1. The van der Waals surface area contributed by atoms with E-state index in [9.17, 15) is 24.9 Å². The summed E-state index contributed by atoms with van der Waals surface area (Å²) in [7, 11) is 0. The number of aliphatic hydroxyl groups excluding tert-OH is 3. The molecule has 4 N–H and O–H groups in total. The van der Waals surface area contributed by atoms with Crippen LogP contribution in [0.25, 0.3) is 0 Å². The summed E-state index contributed by atoms with van der Waals surface area (Å²) >= 11 is 0. The minimum atomic E-state index is -1.81. The van der Waals surface area contributed by atoms with Crippen LogP contribution in [0, 0.1) is 11.8 Å². The lowest BCUT2D eigenvalue weighted by Gasteiger charge is -2.38. The molecular weight excluding hydrogens is 296 g/mol. The van der Waals surface area contributed by atoms with Gasteiger partial charge in [0.1, 0.15) is 18.3 Å². The Bertz CT molecular complexity index is 396. The largest absolute Gasteiger partial charge is 0.479 e. The molecule has 1 fully saturated rings. The molecule has 2 unspecified atom stereocenters. The van der Waals surface area contributed by atoms with E-state index in [0.717, 1.165) is 6.42 Å². The van der Waals surface area contributed by atoms with Crippen molar-refractivity contribution in [1.82, 2.24) is 0 Å². The number of carboxylic acids is 1. The molecule has 0 aromatic heterocycles. The molecular formula is C14H24O8. The van der Waals surface area contributed by atoms with E-state index in [4.69, 9.17) is 14.6 Å². The molecule has 6 atom stereocenters. The Morgan fingerprint density at radius 2 is 1.73 bits per heavy atom. The summed E-state index contributed by atoms with van der Waals surface area (Å²) in [5.74, 6) is -2.57. The van der Waals surface area contributed by atoms with E-state index in [-0.39, 0.29) is 5.92 Å². The van der Waals surface area contributed by atoms with Crippen LogP contribution in [-0.2, 0) is 19.1 Å². The van der Waals surface area contributed by atoms with Gasteiger partial charge in [0.15, 0.2) is 6.10 Å². The van der Waals surface area contributed by atoms with Gasteiger partial charge in [0, 0.05) is 0 Å². The molecule has 8 heteroatoms. The van der Waals surface area contributed by atoms with Crippen LogP contribution in [0.4, 0.5) is 0 Å². The maximum absolute atomic E-state index is 12.1. The predicted molar refractivity (Wildman–Crippen MR) is 73.6 cm³/mol. The van der Waals surface area contributed by atoms with Gasteiger partial charge >= 0.3 is 11.9 Å². The van der Waals surface area contributed by atoms with Crippen molar-refractivity contribution < 1.29 is 39.5 Å². The number of ether oxygens (including phenoxy) is 2. The third-order valence-electron chi connectivity index (χ3n) is 3.75. The summed E-state index contributed by atoms with van der Waals surface area (Å²) in [6.07, 6.45) is -7.39. The second kappa shape index (κ2) is 7.87. The van der Waals surface area contributed by atoms with E-state index in [1.54, 1.807) is 0 Å². The van der Waals surface area contributed by atoms with Crippen LogP contribution < -0.4 is 0 Å². The zero-order chi connectivity index (χ0) is 17.0. The van der Waals surface area contributed by atoms with E-state index in [2.05, 4.69) is 0 Å². The zero-order valence-electron chi connectivity index (χ0n) is 12.9. The molecule has 0 radical (unpaired) electrons. The molecule has 0 aliphatic carbocycles. The number of aliphatic carboxylic acids is 1. The maximum atomic E-state index is 12.1. The van der Waals surface area contributed by atoms with Crippen molar-refractivity contribution in [2.75, 3.05) is 0 Å². The number of hydrogen-bond donors (Lipinski definition) is 4. The molecule has 128 valence electrons. The minimum absolute atomic E-state index is 0.000956. The van der Waals surface area contributed by atoms with Gasteiger partial charge in [-0.15, -0.1) is 0 Å². The Morgan fingerprint density at radius 3 is 2.18 bits per heavy atom. The Labute approximate surface area is 128 Å². The smallest absolute Gasteiger partial charge is 0.335 e. The molecule has 1 heterocycles. The number of esters is 1. The fraction of sp³-hybridized carbons (Fsp3) is 0.857. The monoisotopic (exact) mass is 320 g/mol. The van der Waals surface area contributed by atoms with Crippen molar-refractivity contribution in [3.8, 4) is 0 Å². The first-order valence-corrected chi connectivity index (χ1v) is 7.33. The van der Waals surface area contributed by atoms with Crippen LogP contribution >= 0.6 is 0 Å². The van der Waals surface area contributed by atoms with Crippen molar-refractivity contribution in [2.45, 2.75) is 64.3 Å². The van der Waals surface area contributed by atoms with E-state index in [1.165, 1.54) is 0 Å². The molecule has 0 bridgehead atoms. The van der Waals surface area contributed by atoms with E-state index < -0.39 is 48.6 Å². The fourth-order valence-electron chi connectivity index (χ4n) is 2.39. The van der Waals surface area contributed by atoms with Crippen molar-refractivity contribution in [3.63, 3.8) is 0 Å². The molecule has 8 nitrogen and oxygen atoms in total. The molecule has 0 aromatic carbocycles. The number of carbonyl (C=O) groups is 2. The highest BCUT2D eigenvalue weighted by molar-refractivity contribution is 5.74. The Hall–Kier alpha value is -1.22. The van der Waals surface area contributed by atoms with Gasteiger partial charge in [0.25, 0.3) is 0 Å². The van der Waals surface area contributed by atoms with Crippen LogP contribution in [0.2, 0.25) is 0 Å². The molecule has 22 heavy (non-hydrogen) atoms. The molecule has 0 aromatic rings. The Balaban J connectivity index is 2.81. The van der Waals surface area contributed by atoms with Crippen LogP contribution in [0.1, 0.15) is 33.6 Å². The van der Waals surface area contributed by atoms with Gasteiger partial charge < -0.3 is 29.9 Å². The van der Waals surface area contributed by atoms with Gasteiger partial charge in [-0.3, -0.25) is 4.79 Å². The molecule has 0 spiro atoms. The molecule has 1 aliphatic heterocycles. The highest BCUT2D eigenvalue weighted by Crippen LogP contribution is 2.25. The fourth-order valence-corrected chi connectivity index (χ4v) is 2.39. The molecule has 0 saturated carbocycles. The van der Waals surface area contributed by atoms with Crippen molar-refractivity contribution >= 4 is 11.9 Å². The normalized spacial score (nSPS) is 33.5. The van der Waals surface area contributed by atoms with Crippen LogP contribution in [0.15, 0.2) is 0 Å². The van der Waals surface area contributed by atoms with E-state index in [1.807, 2.05) is 20.8 Å². The standard InChI is InChI=1S/C14H24O8/c1-4-5-7(6(2)3)13(20)22-14-10(17)8(15)9(16)11(21-14)12(18)19/h6-11,14-17H,4-5H2,1-3H3,(H,18,19)/t7?,8-,9-,10+,11-,14?/m0/s1. The van der Waals surface area contributed by atoms with Crippen LogP contribution in [-0.4, -0.2) is 63.1 Å². The SMILES string of the molecule is CCCC(C(=O)OC1O[C@H](C(=O)O)[C@@H](O)[C@H](O)[C@H]1O)C(C)C. The predicted octanol–water partition coefficient (Wildman–Crippen LogP) is -0.506. The number of carbonyl (C=O) groups excluding carboxylic acids is 1. The van der Waals surface area contributed by atoms with Gasteiger partial charge in [-0.05, 0) is 12.3 Å². The summed E-state index contributed by atoms with van der Waals surface area (Å²) in [5.41, 5.74) is 0. The topological polar surface area (TPSA) is 134 Å². The minimum Gasteiger partial charge on any atom is -0.479 e. The van der Waals surface area contributed by atoms with Gasteiger partial charge in [0.2, 0.25) is 6.29 Å². The number of aliphatic hydroxyl groups is 3. The van der Waals surface area contributed by atoms with Gasteiger partial charge in [0.05, 0.1) is 5.92 Å². The van der Waals surface area contributed by atoms with Crippen molar-refractivity contribution in [2.24, 2.45) is 11.8 Å². The number of hydrogen-bond acceptors (Lipinski definition) is 7. The molecule has 1 saturated heterocycles. The quantitative estimate of drug-likeness (QED) is 0.481. The Morgan fingerprint density at radius 1 is 1.14 bits per heavy atom. The molecule has 1 aliphatic rings. The lowest BCUT2D eigenvalue weighted by Crippen LogP contribution is -2.60. The van der Waals surface area contributed by atoms with Gasteiger partial charge in [-0.2, -0.15) is 0 Å². The van der Waals surface area contributed by atoms with Crippen molar-refractivity contribution in [1.29, 1.82) is 0 Å². The first kappa shape index (κ1) is 18.8. The van der Waals surface area contributed by atoms with Gasteiger partial charge in [-0.1, -0.05) is 27.2 Å². The number of rotatable bonds is 6. The van der Waals surface area contributed by atoms with Crippen LogP contribution in [0.5, 0.6) is 0 Å². The summed E-state index contributed by atoms with van der Waals surface area (Å²) in [4.78, 5) is 23.1. The first-order chi connectivity index (χ1) is 10.2. The molecule has 1 rings (SSSR count).